The Labute approximate surface area is 144 Å². The molecule has 0 bridgehead atoms. The van der Waals surface area contributed by atoms with Crippen LogP contribution in [-0.4, -0.2) is 34.7 Å². The standard InChI is InChI=1S/C16H16ClN5O2/c1-21-9-14(8-19-21)22(2)20-15(7-12(10-23)16(18)24)11-3-5-13(17)6-4-11/h3-10H,1-2H3,(H2,18,24)/b12-7+,20-15+. The molecule has 0 aliphatic heterocycles. The number of hydrazone groups is 1. The van der Waals surface area contributed by atoms with Gasteiger partial charge in [0.05, 0.1) is 23.2 Å². The number of benzene rings is 1. The number of rotatable bonds is 6. The number of carbonyl (C=O) groups excluding carboxylic acids is 2. The number of aromatic nitrogens is 2. The molecule has 8 heteroatoms. The summed E-state index contributed by atoms with van der Waals surface area (Å²) in [5.41, 5.74) is 6.83. The Bertz CT molecular complexity index is 808. The van der Waals surface area contributed by atoms with E-state index in [0.29, 0.717) is 22.6 Å². The van der Waals surface area contributed by atoms with Crippen LogP contribution in [0.1, 0.15) is 5.56 Å². The Morgan fingerprint density at radius 1 is 1.38 bits per heavy atom. The van der Waals surface area contributed by atoms with Crippen LogP contribution in [0, 0.1) is 0 Å². The number of allylic oxidation sites excluding steroid dienone is 1. The first-order chi connectivity index (χ1) is 11.4. The second-order valence-electron chi connectivity index (χ2n) is 4.97. The van der Waals surface area contributed by atoms with E-state index in [4.69, 9.17) is 17.3 Å². The second kappa shape index (κ2) is 7.56. The molecule has 0 spiro atoms. The summed E-state index contributed by atoms with van der Waals surface area (Å²) in [4.78, 5) is 22.4. The average Bonchev–Trinajstić information content (AvgIpc) is 2.98. The summed E-state index contributed by atoms with van der Waals surface area (Å²) >= 11 is 5.90. The lowest BCUT2D eigenvalue weighted by molar-refractivity contribution is -0.116. The van der Waals surface area contributed by atoms with Crippen LogP contribution in [0.5, 0.6) is 0 Å². The fourth-order valence-electron chi connectivity index (χ4n) is 1.90. The molecule has 0 radical (unpaired) electrons. The van der Waals surface area contributed by atoms with E-state index in [1.807, 2.05) is 0 Å². The molecule has 124 valence electrons. The van der Waals surface area contributed by atoms with Gasteiger partial charge in [0, 0.05) is 30.9 Å². The van der Waals surface area contributed by atoms with Gasteiger partial charge in [0.1, 0.15) is 0 Å². The van der Waals surface area contributed by atoms with Gasteiger partial charge < -0.3 is 5.73 Å². The van der Waals surface area contributed by atoms with Gasteiger partial charge in [-0.25, -0.2) is 0 Å². The number of nitrogens with two attached hydrogens (primary N) is 1. The van der Waals surface area contributed by atoms with Crippen LogP contribution < -0.4 is 10.7 Å². The fraction of sp³-hybridized carbons (Fsp3) is 0.125. The molecule has 0 aliphatic carbocycles. The Balaban J connectivity index is 2.49. The molecule has 1 aromatic heterocycles. The van der Waals surface area contributed by atoms with Gasteiger partial charge >= 0.3 is 0 Å². The number of aldehydes is 1. The van der Waals surface area contributed by atoms with Crippen LogP contribution >= 0.6 is 11.6 Å². The van der Waals surface area contributed by atoms with Crippen molar-refractivity contribution in [3.8, 4) is 0 Å². The van der Waals surface area contributed by atoms with Crippen molar-refractivity contribution < 1.29 is 9.59 Å². The molecule has 0 saturated heterocycles. The summed E-state index contributed by atoms with van der Waals surface area (Å²) in [5.74, 6) is -0.823. The van der Waals surface area contributed by atoms with Crippen LogP contribution in [0.4, 0.5) is 5.69 Å². The van der Waals surface area contributed by atoms with Crippen molar-refractivity contribution in [2.75, 3.05) is 12.1 Å². The minimum absolute atomic E-state index is 0.178. The van der Waals surface area contributed by atoms with E-state index in [1.54, 1.807) is 60.4 Å². The van der Waals surface area contributed by atoms with Crippen molar-refractivity contribution in [1.82, 2.24) is 9.78 Å². The molecule has 0 unspecified atom stereocenters. The predicted molar refractivity (Wildman–Crippen MR) is 92.9 cm³/mol. The molecule has 0 aliphatic rings. The number of anilines is 1. The number of primary amides is 1. The van der Waals surface area contributed by atoms with E-state index in [0.717, 1.165) is 5.69 Å². The van der Waals surface area contributed by atoms with Gasteiger partial charge in [-0.15, -0.1) is 0 Å². The van der Waals surface area contributed by atoms with Crippen molar-refractivity contribution >= 4 is 35.2 Å². The van der Waals surface area contributed by atoms with Crippen molar-refractivity contribution in [1.29, 1.82) is 0 Å². The van der Waals surface area contributed by atoms with Crippen molar-refractivity contribution in [2.45, 2.75) is 0 Å². The van der Waals surface area contributed by atoms with E-state index in [-0.39, 0.29) is 5.57 Å². The largest absolute Gasteiger partial charge is 0.365 e. The molecule has 24 heavy (non-hydrogen) atoms. The average molecular weight is 346 g/mol. The Hall–Kier alpha value is -2.93. The topological polar surface area (TPSA) is 93.6 Å². The maximum absolute atomic E-state index is 11.3. The zero-order valence-corrected chi connectivity index (χ0v) is 13.9. The second-order valence-corrected chi connectivity index (χ2v) is 5.41. The van der Waals surface area contributed by atoms with Gasteiger partial charge in [-0.1, -0.05) is 23.7 Å². The molecule has 2 aromatic rings. The molecule has 7 nitrogen and oxygen atoms in total. The fourth-order valence-corrected chi connectivity index (χ4v) is 2.02. The first kappa shape index (κ1) is 17.4. The molecule has 2 N–H and O–H groups in total. The van der Waals surface area contributed by atoms with Gasteiger partial charge in [-0.05, 0) is 18.2 Å². The summed E-state index contributed by atoms with van der Waals surface area (Å²) in [6, 6.07) is 6.85. The first-order valence-corrected chi connectivity index (χ1v) is 7.32. The number of aryl methyl sites for hydroxylation is 1. The minimum atomic E-state index is -0.823. The van der Waals surface area contributed by atoms with E-state index < -0.39 is 5.91 Å². The number of carbonyl (C=O) groups is 2. The third-order valence-corrected chi connectivity index (χ3v) is 3.42. The highest BCUT2D eigenvalue weighted by atomic mass is 35.5. The van der Waals surface area contributed by atoms with E-state index in [1.165, 1.54) is 6.08 Å². The number of halogens is 1. The smallest absolute Gasteiger partial charge is 0.252 e. The first-order valence-electron chi connectivity index (χ1n) is 6.94. The van der Waals surface area contributed by atoms with Crippen LogP contribution in [0.2, 0.25) is 5.02 Å². The number of amides is 1. The quantitative estimate of drug-likeness (QED) is 0.214. The van der Waals surface area contributed by atoms with E-state index in [9.17, 15) is 9.59 Å². The van der Waals surface area contributed by atoms with Crippen LogP contribution in [-0.2, 0) is 16.6 Å². The molecule has 0 atom stereocenters. The third-order valence-electron chi connectivity index (χ3n) is 3.17. The third kappa shape index (κ3) is 4.30. The van der Waals surface area contributed by atoms with Gasteiger partial charge in [0.2, 0.25) is 0 Å². The van der Waals surface area contributed by atoms with Crippen molar-refractivity contribution in [3.63, 3.8) is 0 Å². The highest BCUT2D eigenvalue weighted by Gasteiger charge is 2.10. The van der Waals surface area contributed by atoms with Gasteiger partial charge in [-0.2, -0.15) is 10.2 Å². The zero-order valence-electron chi connectivity index (χ0n) is 13.2. The molecule has 1 amide bonds. The number of hydrogen-bond acceptors (Lipinski definition) is 5. The SMILES string of the molecule is CN(/N=C(\C=C(/C=O)C(N)=O)c1ccc(Cl)cc1)c1cnn(C)c1. The van der Waals surface area contributed by atoms with Crippen LogP contribution in [0.25, 0.3) is 0 Å². The number of hydrogen-bond donors (Lipinski definition) is 1. The summed E-state index contributed by atoms with van der Waals surface area (Å²) < 4.78 is 1.64. The molecular formula is C16H16ClN5O2. The molecule has 0 saturated carbocycles. The maximum Gasteiger partial charge on any atom is 0.252 e. The lowest BCUT2D eigenvalue weighted by Crippen LogP contribution is -2.18. The van der Waals surface area contributed by atoms with Gasteiger partial charge in [0.25, 0.3) is 5.91 Å². The lowest BCUT2D eigenvalue weighted by Gasteiger charge is -2.13. The number of nitrogens with zero attached hydrogens (tertiary/aromatic N) is 4. The lowest BCUT2D eigenvalue weighted by atomic mass is 10.1. The normalized spacial score (nSPS) is 12.1. The van der Waals surface area contributed by atoms with E-state index >= 15 is 0 Å². The monoisotopic (exact) mass is 345 g/mol. The zero-order chi connectivity index (χ0) is 17.7. The van der Waals surface area contributed by atoms with Crippen molar-refractivity contribution in [2.24, 2.45) is 17.9 Å². The Kier molecular flexibility index (Phi) is 5.49. The summed E-state index contributed by atoms with van der Waals surface area (Å²) in [5, 5.41) is 10.7. The van der Waals surface area contributed by atoms with Gasteiger partial charge in [0.15, 0.2) is 6.29 Å². The predicted octanol–water partition coefficient (Wildman–Crippen LogP) is 1.52. The Morgan fingerprint density at radius 3 is 2.54 bits per heavy atom. The maximum atomic E-state index is 11.3. The molecule has 2 rings (SSSR count). The highest BCUT2D eigenvalue weighted by molar-refractivity contribution is 6.30. The summed E-state index contributed by atoms with van der Waals surface area (Å²) in [7, 11) is 3.52. The molecule has 1 heterocycles. The Morgan fingerprint density at radius 2 is 2.04 bits per heavy atom. The summed E-state index contributed by atoms with van der Waals surface area (Å²) in [6.07, 6.45) is 5.16. The molecule has 0 fully saturated rings. The van der Waals surface area contributed by atoms with E-state index in [2.05, 4.69) is 10.2 Å². The highest BCUT2D eigenvalue weighted by Crippen LogP contribution is 2.15. The van der Waals surface area contributed by atoms with Crippen LogP contribution in [0.15, 0.2) is 53.4 Å². The van der Waals surface area contributed by atoms with Gasteiger partial charge in [-0.3, -0.25) is 19.3 Å². The minimum Gasteiger partial charge on any atom is -0.365 e. The van der Waals surface area contributed by atoms with Crippen LogP contribution in [0.3, 0.4) is 0 Å². The summed E-state index contributed by atoms with van der Waals surface area (Å²) in [6.45, 7) is 0. The molecular weight excluding hydrogens is 330 g/mol. The molecule has 1 aromatic carbocycles. The van der Waals surface area contributed by atoms with Crippen molar-refractivity contribution in [3.05, 3.63) is 58.9 Å².